The zero-order valence-corrected chi connectivity index (χ0v) is 19.2. The average molecular weight is 465 g/mol. The Morgan fingerprint density at radius 1 is 0.818 bits per heavy atom. The van der Waals surface area contributed by atoms with Crippen LogP contribution in [0.15, 0.2) is 99.1 Å². The van der Waals surface area contributed by atoms with Crippen LogP contribution in [0.3, 0.4) is 0 Å². The van der Waals surface area contributed by atoms with Crippen LogP contribution in [0, 0.1) is 6.92 Å². The number of furan rings is 2. The molecule has 0 aliphatic carbocycles. The van der Waals surface area contributed by atoms with Gasteiger partial charge in [0.25, 0.3) is 15.9 Å². The van der Waals surface area contributed by atoms with Crippen LogP contribution in [0.5, 0.6) is 0 Å². The highest BCUT2D eigenvalue weighted by Gasteiger charge is 2.23. The van der Waals surface area contributed by atoms with Crippen molar-refractivity contribution in [2.45, 2.75) is 24.9 Å². The molecule has 4 rings (SSSR count). The molecule has 7 nitrogen and oxygen atoms in total. The maximum atomic E-state index is 13.2. The lowest BCUT2D eigenvalue weighted by Crippen LogP contribution is -2.30. The molecule has 0 atom stereocenters. The van der Waals surface area contributed by atoms with Crippen LogP contribution in [-0.4, -0.2) is 26.3 Å². The van der Waals surface area contributed by atoms with E-state index >= 15 is 0 Å². The Labute approximate surface area is 192 Å². The molecule has 0 unspecified atom stereocenters. The number of nitrogens with zero attached hydrogens (tertiary/aromatic N) is 2. The minimum atomic E-state index is -3.71. The summed E-state index contributed by atoms with van der Waals surface area (Å²) in [4.78, 5) is 15.1. The number of hydrogen-bond donors (Lipinski definition) is 0. The van der Waals surface area contributed by atoms with Crippen molar-refractivity contribution in [3.05, 3.63) is 108 Å². The molecule has 0 aliphatic rings. The molecule has 0 fully saturated rings. The van der Waals surface area contributed by atoms with E-state index in [2.05, 4.69) is 0 Å². The van der Waals surface area contributed by atoms with E-state index in [-0.39, 0.29) is 23.9 Å². The van der Waals surface area contributed by atoms with Gasteiger partial charge in [-0.1, -0.05) is 17.7 Å². The van der Waals surface area contributed by atoms with Crippen LogP contribution in [0.1, 0.15) is 27.4 Å². The lowest BCUT2D eigenvalue weighted by molar-refractivity contribution is 0.0705. The lowest BCUT2D eigenvalue weighted by atomic mass is 10.1. The second-order valence-electron chi connectivity index (χ2n) is 7.65. The number of anilines is 1. The molecule has 2 aromatic carbocycles. The number of sulfonamides is 1. The fraction of sp³-hybridized carbons (Fsp3) is 0.160. The molecule has 1 amide bonds. The van der Waals surface area contributed by atoms with E-state index in [4.69, 9.17) is 8.83 Å². The number of amides is 1. The highest BCUT2D eigenvalue weighted by atomic mass is 32.2. The van der Waals surface area contributed by atoms with Crippen molar-refractivity contribution in [3.8, 4) is 0 Å². The third-order valence-corrected chi connectivity index (χ3v) is 7.10. The Balaban J connectivity index is 1.55. The van der Waals surface area contributed by atoms with Crippen LogP contribution < -0.4 is 4.31 Å². The van der Waals surface area contributed by atoms with Crippen LogP contribution in [0.25, 0.3) is 0 Å². The van der Waals surface area contributed by atoms with Gasteiger partial charge < -0.3 is 13.7 Å². The summed E-state index contributed by atoms with van der Waals surface area (Å²) >= 11 is 0. The van der Waals surface area contributed by atoms with Crippen LogP contribution in [-0.2, 0) is 23.1 Å². The first kappa shape index (κ1) is 22.4. The summed E-state index contributed by atoms with van der Waals surface area (Å²) in [7, 11) is -2.22. The smallest absolute Gasteiger partial charge is 0.264 e. The highest BCUT2D eigenvalue weighted by Crippen LogP contribution is 2.24. The van der Waals surface area contributed by atoms with E-state index in [9.17, 15) is 13.2 Å². The van der Waals surface area contributed by atoms with Gasteiger partial charge in [-0.3, -0.25) is 9.10 Å². The van der Waals surface area contributed by atoms with Crippen LogP contribution in [0.2, 0.25) is 0 Å². The number of rotatable bonds is 8. The summed E-state index contributed by atoms with van der Waals surface area (Å²) in [5.74, 6) is 1.07. The molecule has 2 aromatic heterocycles. The van der Waals surface area contributed by atoms with Crippen molar-refractivity contribution in [2.75, 3.05) is 11.4 Å². The van der Waals surface area contributed by atoms with E-state index < -0.39 is 10.0 Å². The summed E-state index contributed by atoms with van der Waals surface area (Å²) < 4.78 is 37.9. The number of hydrogen-bond acceptors (Lipinski definition) is 5. The summed E-state index contributed by atoms with van der Waals surface area (Å²) in [6.45, 7) is 2.45. The first-order valence-corrected chi connectivity index (χ1v) is 11.8. The van der Waals surface area contributed by atoms with Gasteiger partial charge in [-0.05, 0) is 67.6 Å². The molecule has 0 bridgehead atoms. The number of benzene rings is 2. The monoisotopic (exact) mass is 464 g/mol. The average Bonchev–Trinajstić information content (AvgIpc) is 3.52. The highest BCUT2D eigenvalue weighted by molar-refractivity contribution is 7.92. The molecule has 4 aromatic rings. The fourth-order valence-corrected chi connectivity index (χ4v) is 4.58. The first-order valence-electron chi connectivity index (χ1n) is 10.3. The summed E-state index contributed by atoms with van der Waals surface area (Å²) in [5.41, 5.74) is 1.86. The molecule has 8 heteroatoms. The molecule has 0 saturated heterocycles. The minimum Gasteiger partial charge on any atom is -0.467 e. The molecule has 0 saturated carbocycles. The van der Waals surface area contributed by atoms with Gasteiger partial charge >= 0.3 is 0 Å². The Morgan fingerprint density at radius 3 is 1.85 bits per heavy atom. The predicted molar refractivity (Wildman–Crippen MR) is 124 cm³/mol. The molecule has 0 spiro atoms. The molecular weight excluding hydrogens is 440 g/mol. The number of carbonyl (C=O) groups excluding carboxylic acids is 1. The predicted octanol–water partition coefficient (Wildman–Crippen LogP) is 4.85. The molecule has 0 aliphatic heterocycles. The molecule has 170 valence electrons. The lowest BCUT2D eigenvalue weighted by Gasteiger charge is -2.22. The quantitative estimate of drug-likeness (QED) is 0.372. The Kier molecular flexibility index (Phi) is 6.37. The SMILES string of the molecule is Cc1ccc(S(=O)(=O)N(C)c2ccc(C(=O)N(Cc3ccco3)Cc3ccco3)cc2)cc1. The Bertz CT molecular complexity index is 1260. The van der Waals surface area contributed by atoms with E-state index in [0.29, 0.717) is 22.8 Å². The molecule has 2 heterocycles. The van der Waals surface area contributed by atoms with Crippen LogP contribution >= 0.6 is 0 Å². The minimum absolute atomic E-state index is 0.207. The van der Waals surface area contributed by atoms with E-state index in [1.54, 1.807) is 90.2 Å². The topological polar surface area (TPSA) is 84.0 Å². The Hall–Kier alpha value is -3.78. The maximum absolute atomic E-state index is 13.2. The normalized spacial score (nSPS) is 11.3. The van der Waals surface area contributed by atoms with Gasteiger partial charge in [0, 0.05) is 12.6 Å². The van der Waals surface area contributed by atoms with Gasteiger partial charge in [0.05, 0.1) is 36.2 Å². The van der Waals surface area contributed by atoms with Gasteiger partial charge in [-0.15, -0.1) is 0 Å². The standard InChI is InChI=1S/C25H24N2O5S/c1-19-7-13-24(14-8-19)33(29,30)26(2)21-11-9-20(10-12-21)25(28)27(17-22-5-3-15-31-22)18-23-6-4-16-32-23/h3-16H,17-18H2,1-2H3. The fourth-order valence-electron chi connectivity index (χ4n) is 3.38. The molecule has 0 N–H and O–H groups in total. The van der Waals surface area contributed by atoms with Crippen molar-refractivity contribution < 1.29 is 22.0 Å². The van der Waals surface area contributed by atoms with Crippen molar-refractivity contribution in [2.24, 2.45) is 0 Å². The third-order valence-electron chi connectivity index (χ3n) is 5.30. The summed E-state index contributed by atoms with van der Waals surface area (Å²) in [6.07, 6.45) is 3.12. The summed E-state index contributed by atoms with van der Waals surface area (Å²) in [5, 5.41) is 0. The molecular formula is C25H24N2O5S. The first-order chi connectivity index (χ1) is 15.8. The molecule has 33 heavy (non-hydrogen) atoms. The number of carbonyl (C=O) groups is 1. The van der Waals surface area contributed by atoms with Crippen molar-refractivity contribution in [1.82, 2.24) is 4.90 Å². The van der Waals surface area contributed by atoms with E-state index in [0.717, 1.165) is 5.56 Å². The van der Waals surface area contributed by atoms with Gasteiger partial charge in [0.2, 0.25) is 0 Å². The van der Waals surface area contributed by atoms with Crippen molar-refractivity contribution >= 4 is 21.6 Å². The zero-order valence-electron chi connectivity index (χ0n) is 18.3. The number of aryl methyl sites for hydroxylation is 1. The second kappa shape index (κ2) is 9.38. The second-order valence-corrected chi connectivity index (χ2v) is 9.62. The van der Waals surface area contributed by atoms with Gasteiger partial charge in [-0.2, -0.15) is 0 Å². The summed E-state index contributed by atoms with van der Waals surface area (Å²) in [6, 6.07) is 20.3. The Morgan fingerprint density at radius 2 is 1.36 bits per heavy atom. The van der Waals surface area contributed by atoms with Gasteiger partial charge in [0.15, 0.2) is 0 Å². The largest absolute Gasteiger partial charge is 0.467 e. The van der Waals surface area contributed by atoms with Gasteiger partial charge in [0.1, 0.15) is 11.5 Å². The van der Waals surface area contributed by atoms with Crippen LogP contribution in [0.4, 0.5) is 5.69 Å². The van der Waals surface area contributed by atoms with Crippen molar-refractivity contribution in [3.63, 3.8) is 0 Å². The maximum Gasteiger partial charge on any atom is 0.264 e. The van der Waals surface area contributed by atoms with E-state index in [1.807, 2.05) is 6.92 Å². The van der Waals surface area contributed by atoms with Gasteiger partial charge in [-0.25, -0.2) is 8.42 Å². The van der Waals surface area contributed by atoms with E-state index in [1.165, 1.54) is 11.4 Å². The zero-order chi connectivity index (χ0) is 23.4. The van der Waals surface area contributed by atoms with Crippen molar-refractivity contribution in [1.29, 1.82) is 0 Å². The molecule has 0 radical (unpaired) electrons. The third kappa shape index (κ3) is 5.01.